The van der Waals surface area contributed by atoms with Crippen molar-refractivity contribution in [2.45, 2.75) is 6.18 Å². The second-order valence-corrected chi connectivity index (χ2v) is 5.84. The maximum Gasteiger partial charge on any atom is 0.416 e. The highest BCUT2D eigenvalue weighted by atomic mass is 19.4. The molecule has 0 atom stereocenters. The van der Waals surface area contributed by atoms with E-state index in [4.69, 9.17) is 0 Å². The first kappa shape index (κ1) is 15.1. The fourth-order valence-corrected chi connectivity index (χ4v) is 2.85. The van der Waals surface area contributed by atoms with Crippen LogP contribution in [-0.4, -0.2) is 63.2 Å². The summed E-state index contributed by atoms with van der Waals surface area (Å²) in [7, 11) is 2.02. The lowest BCUT2D eigenvalue weighted by Crippen LogP contribution is -2.45. The van der Waals surface area contributed by atoms with E-state index in [2.05, 4.69) is 25.4 Å². The number of benzene rings is 1. The number of nitrogens with zero attached hydrogens (tertiary/aromatic N) is 7. The van der Waals surface area contributed by atoms with Crippen molar-refractivity contribution in [3.63, 3.8) is 0 Å². The van der Waals surface area contributed by atoms with Gasteiger partial charge in [-0.25, -0.2) is 4.98 Å². The summed E-state index contributed by atoms with van der Waals surface area (Å²) in [4.78, 5) is 8.63. The van der Waals surface area contributed by atoms with E-state index >= 15 is 0 Å². The second-order valence-electron chi connectivity index (χ2n) is 5.84. The summed E-state index contributed by atoms with van der Waals surface area (Å²) in [6.07, 6.45) is -4.42. The second kappa shape index (κ2) is 5.26. The Labute approximate surface area is 134 Å². The van der Waals surface area contributed by atoms with Crippen LogP contribution in [0.5, 0.6) is 0 Å². The van der Waals surface area contributed by atoms with Crippen LogP contribution in [0.3, 0.4) is 0 Å². The van der Waals surface area contributed by atoms with E-state index in [9.17, 15) is 13.2 Å². The molecule has 0 N–H and O–H groups in total. The summed E-state index contributed by atoms with van der Waals surface area (Å²) in [5.41, 5.74) is 0.380. The number of hydrogen-bond acceptors (Lipinski definition) is 6. The molecule has 1 fully saturated rings. The summed E-state index contributed by atoms with van der Waals surface area (Å²) in [6.45, 7) is 3.12. The van der Waals surface area contributed by atoms with Crippen LogP contribution < -0.4 is 4.90 Å². The van der Waals surface area contributed by atoms with E-state index in [0.29, 0.717) is 17.0 Å². The molecule has 0 unspecified atom stereocenters. The van der Waals surface area contributed by atoms with E-state index < -0.39 is 11.7 Å². The Morgan fingerprint density at radius 1 is 1.08 bits per heavy atom. The Kier molecular flexibility index (Phi) is 3.30. The quantitative estimate of drug-likeness (QED) is 0.670. The Morgan fingerprint density at radius 2 is 1.83 bits per heavy atom. The van der Waals surface area contributed by atoms with Gasteiger partial charge in [0, 0.05) is 26.2 Å². The van der Waals surface area contributed by atoms with Crippen molar-refractivity contribution >= 4 is 22.5 Å². The van der Waals surface area contributed by atoms with Crippen LogP contribution in [0.4, 0.5) is 19.0 Å². The van der Waals surface area contributed by atoms with Crippen LogP contribution in [-0.2, 0) is 6.18 Å². The molecule has 0 saturated carbocycles. The molecule has 1 aromatic carbocycles. The molecule has 0 bridgehead atoms. The van der Waals surface area contributed by atoms with Crippen LogP contribution in [0.2, 0.25) is 0 Å². The predicted octanol–water partition coefficient (Wildman–Crippen LogP) is 1.44. The van der Waals surface area contributed by atoms with E-state index in [1.165, 1.54) is 10.6 Å². The third-order valence-corrected chi connectivity index (χ3v) is 4.23. The van der Waals surface area contributed by atoms with Crippen LogP contribution in [0.1, 0.15) is 5.56 Å². The summed E-state index contributed by atoms with van der Waals surface area (Å²) < 4.78 is 40.4. The van der Waals surface area contributed by atoms with Crippen LogP contribution in [0.15, 0.2) is 18.2 Å². The minimum atomic E-state index is -4.42. The molecule has 3 heterocycles. The first-order valence-corrected chi connectivity index (χ1v) is 7.46. The number of rotatable bonds is 1. The lowest BCUT2D eigenvalue weighted by Gasteiger charge is -2.33. The smallest absolute Gasteiger partial charge is 0.351 e. The molecule has 1 aliphatic rings. The molecule has 2 aromatic heterocycles. The van der Waals surface area contributed by atoms with Gasteiger partial charge in [-0.3, -0.25) is 0 Å². The average molecular weight is 337 g/mol. The summed E-state index contributed by atoms with van der Waals surface area (Å²) in [5, 5.41) is 11.6. The van der Waals surface area contributed by atoms with Gasteiger partial charge in [-0.1, -0.05) is 0 Å². The Hall–Kier alpha value is -2.49. The maximum atomic E-state index is 13.0. The molecule has 1 aliphatic heterocycles. The van der Waals surface area contributed by atoms with Crippen LogP contribution in [0, 0.1) is 0 Å². The lowest BCUT2D eigenvalue weighted by atomic mass is 10.2. The Bertz CT molecular complexity index is 896. The lowest BCUT2D eigenvalue weighted by molar-refractivity contribution is -0.137. The fourth-order valence-electron chi connectivity index (χ4n) is 2.85. The van der Waals surface area contributed by atoms with Crippen molar-refractivity contribution in [2.75, 3.05) is 38.1 Å². The maximum absolute atomic E-state index is 13.0. The van der Waals surface area contributed by atoms with Gasteiger partial charge in [-0.2, -0.15) is 17.7 Å². The zero-order chi connectivity index (χ0) is 16.9. The molecule has 0 radical (unpaired) electrons. The minimum absolute atomic E-state index is 0.221. The molecule has 3 aromatic rings. The largest absolute Gasteiger partial charge is 0.416 e. The number of fused-ring (bicyclic) bond motifs is 3. The molecule has 10 heteroatoms. The topological polar surface area (TPSA) is 62.5 Å². The van der Waals surface area contributed by atoms with Gasteiger partial charge in [0.2, 0.25) is 5.65 Å². The van der Waals surface area contributed by atoms with Gasteiger partial charge in [-0.05, 0) is 35.7 Å². The monoisotopic (exact) mass is 337 g/mol. The number of aromatic nitrogens is 5. The van der Waals surface area contributed by atoms with Crippen molar-refractivity contribution in [3.05, 3.63) is 23.8 Å². The Balaban J connectivity index is 1.90. The summed E-state index contributed by atoms with van der Waals surface area (Å²) >= 11 is 0. The zero-order valence-corrected chi connectivity index (χ0v) is 12.8. The number of anilines is 1. The third kappa shape index (κ3) is 2.42. The van der Waals surface area contributed by atoms with Gasteiger partial charge in [-0.15, -0.1) is 5.10 Å². The molecule has 24 heavy (non-hydrogen) atoms. The third-order valence-electron chi connectivity index (χ3n) is 4.23. The van der Waals surface area contributed by atoms with Gasteiger partial charge in [0.05, 0.1) is 16.6 Å². The van der Waals surface area contributed by atoms with E-state index in [-0.39, 0.29) is 5.52 Å². The molecule has 1 saturated heterocycles. The van der Waals surface area contributed by atoms with Crippen molar-refractivity contribution in [3.8, 4) is 0 Å². The minimum Gasteiger partial charge on any atom is -0.351 e. The fraction of sp³-hybridized carbons (Fsp3) is 0.429. The Morgan fingerprint density at radius 3 is 2.54 bits per heavy atom. The molecule has 4 rings (SSSR count). The van der Waals surface area contributed by atoms with Crippen molar-refractivity contribution in [1.82, 2.24) is 29.9 Å². The number of tetrazole rings is 1. The molecule has 0 amide bonds. The van der Waals surface area contributed by atoms with Gasteiger partial charge < -0.3 is 9.80 Å². The SMILES string of the molecule is CN1CCN(c2nc3cc(C(F)(F)F)ccc3n3nnnc23)CC1. The number of hydrogen-bond donors (Lipinski definition) is 0. The van der Waals surface area contributed by atoms with E-state index in [0.717, 1.165) is 38.3 Å². The van der Waals surface area contributed by atoms with Crippen molar-refractivity contribution in [1.29, 1.82) is 0 Å². The van der Waals surface area contributed by atoms with Gasteiger partial charge in [0.25, 0.3) is 0 Å². The molecule has 126 valence electrons. The molecular weight excluding hydrogens is 323 g/mol. The standard InChI is InChI=1S/C14H14F3N7/c1-22-4-6-23(7-5-22)12-13-19-20-21-24(13)11-3-2-9(14(15,16)17)8-10(11)18-12/h2-3,8H,4-7H2,1H3. The highest BCUT2D eigenvalue weighted by Gasteiger charge is 2.31. The predicted molar refractivity (Wildman–Crippen MR) is 80.8 cm³/mol. The molecule has 0 aliphatic carbocycles. The average Bonchev–Trinajstić information content (AvgIpc) is 3.03. The normalized spacial score (nSPS) is 17.1. The van der Waals surface area contributed by atoms with Gasteiger partial charge >= 0.3 is 6.18 Å². The number of piperazine rings is 1. The van der Waals surface area contributed by atoms with E-state index in [1.54, 1.807) is 0 Å². The number of halogens is 3. The molecular formula is C14H14F3N7. The van der Waals surface area contributed by atoms with Crippen LogP contribution in [0.25, 0.3) is 16.7 Å². The molecule has 7 nitrogen and oxygen atoms in total. The first-order chi connectivity index (χ1) is 11.4. The highest BCUT2D eigenvalue weighted by Crippen LogP contribution is 2.32. The highest BCUT2D eigenvalue weighted by molar-refractivity contribution is 5.83. The summed E-state index contributed by atoms with van der Waals surface area (Å²) in [5.74, 6) is 0.514. The van der Waals surface area contributed by atoms with Gasteiger partial charge in [0.15, 0.2) is 5.82 Å². The van der Waals surface area contributed by atoms with Gasteiger partial charge in [0.1, 0.15) is 0 Å². The van der Waals surface area contributed by atoms with E-state index in [1.807, 2.05) is 11.9 Å². The van der Waals surface area contributed by atoms with Crippen molar-refractivity contribution in [2.24, 2.45) is 0 Å². The number of likely N-dealkylation sites (N-methyl/N-ethyl adjacent to an activating group) is 1. The van der Waals surface area contributed by atoms with Crippen molar-refractivity contribution < 1.29 is 13.2 Å². The first-order valence-electron chi connectivity index (χ1n) is 7.46. The molecule has 0 spiro atoms. The zero-order valence-electron chi connectivity index (χ0n) is 12.8. The van der Waals surface area contributed by atoms with Crippen LogP contribution >= 0.6 is 0 Å². The summed E-state index contributed by atoms with van der Waals surface area (Å²) in [6, 6.07) is 3.40. The number of alkyl halides is 3.